The van der Waals surface area contributed by atoms with E-state index in [-0.39, 0.29) is 50.1 Å². The Morgan fingerprint density at radius 3 is 2.45 bits per heavy atom. The quantitative estimate of drug-likeness (QED) is 0.643. The molecule has 0 atom stereocenters. The highest BCUT2D eigenvalue weighted by Gasteiger charge is 2.31. The number of imide groups is 1. The minimum absolute atomic E-state index is 0.0735. The topological polar surface area (TPSA) is 95.9 Å². The third-order valence-electron chi connectivity index (χ3n) is 3.76. The van der Waals surface area contributed by atoms with Crippen molar-refractivity contribution in [2.24, 2.45) is 0 Å². The van der Waals surface area contributed by atoms with E-state index in [9.17, 15) is 19.5 Å². The fraction of sp³-hybridized carbons (Fsp3) is 0.769. The van der Waals surface area contributed by atoms with E-state index in [4.69, 9.17) is 4.74 Å². The molecule has 0 aromatic carbocycles. The molecule has 2 aliphatic rings. The number of carbonyl (C=O) groups is 3. The van der Waals surface area contributed by atoms with Crippen LogP contribution in [0.3, 0.4) is 0 Å². The smallest absolute Gasteiger partial charge is 0.229 e. The summed E-state index contributed by atoms with van der Waals surface area (Å²) in [6.07, 6.45) is 1.54. The minimum Gasteiger partial charge on any atom is -0.388 e. The van der Waals surface area contributed by atoms with Crippen LogP contribution in [0.2, 0.25) is 0 Å². The lowest BCUT2D eigenvalue weighted by molar-refractivity contribution is -0.138. The molecule has 2 rings (SSSR count). The van der Waals surface area contributed by atoms with Crippen molar-refractivity contribution in [1.82, 2.24) is 10.2 Å². The van der Waals surface area contributed by atoms with Crippen LogP contribution in [0.1, 0.15) is 32.1 Å². The van der Waals surface area contributed by atoms with Crippen LogP contribution in [-0.2, 0) is 19.1 Å². The van der Waals surface area contributed by atoms with Crippen molar-refractivity contribution < 1.29 is 24.2 Å². The fourth-order valence-electron chi connectivity index (χ4n) is 2.37. The predicted molar refractivity (Wildman–Crippen MR) is 68.6 cm³/mol. The molecule has 3 amide bonds. The molecule has 0 bridgehead atoms. The van der Waals surface area contributed by atoms with Gasteiger partial charge in [-0.1, -0.05) is 0 Å². The number of likely N-dealkylation sites (tertiary alicyclic amines) is 1. The Morgan fingerprint density at radius 2 is 1.85 bits per heavy atom. The maximum atomic E-state index is 11.7. The standard InChI is InChI=1S/C13H20N2O5/c16-10(3-6-15-11(17)1-2-12(15)18)14-9-13(19)4-7-20-8-5-13/h19H,1-9H2,(H,14,16). The van der Waals surface area contributed by atoms with Crippen LogP contribution < -0.4 is 5.32 Å². The van der Waals surface area contributed by atoms with Gasteiger partial charge in [0.15, 0.2) is 0 Å². The molecule has 2 fully saturated rings. The minimum atomic E-state index is -0.910. The van der Waals surface area contributed by atoms with E-state index in [1.54, 1.807) is 0 Å². The average Bonchev–Trinajstić information content (AvgIpc) is 2.74. The summed E-state index contributed by atoms with van der Waals surface area (Å²) in [4.78, 5) is 35.6. The van der Waals surface area contributed by atoms with Crippen LogP contribution in [0, 0.1) is 0 Å². The molecule has 0 radical (unpaired) electrons. The third-order valence-corrected chi connectivity index (χ3v) is 3.76. The first kappa shape index (κ1) is 14.9. The maximum absolute atomic E-state index is 11.7. The van der Waals surface area contributed by atoms with Crippen LogP contribution >= 0.6 is 0 Å². The number of hydrogen-bond donors (Lipinski definition) is 2. The molecule has 0 unspecified atom stereocenters. The van der Waals surface area contributed by atoms with Crippen LogP contribution in [0.4, 0.5) is 0 Å². The summed E-state index contributed by atoms with van der Waals surface area (Å²) in [5.41, 5.74) is -0.910. The summed E-state index contributed by atoms with van der Waals surface area (Å²) < 4.78 is 5.16. The average molecular weight is 284 g/mol. The number of nitrogens with zero attached hydrogens (tertiary/aromatic N) is 1. The van der Waals surface area contributed by atoms with Crippen molar-refractivity contribution >= 4 is 17.7 Å². The Kier molecular flexibility index (Phi) is 4.72. The number of nitrogens with one attached hydrogen (secondary N) is 1. The molecule has 2 N–H and O–H groups in total. The Hall–Kier alpha value is -1.47. The Morgan fingerprint density at radius 1 is 1.25 bits per heavy atom. The van der Waals surface area contributed by atoms with E-state index in [0.717, 1.165) is 4.90 Å². The normalized spacial score (nSPS) is 22.1. The lowest BCUT2D eigenvalue weighted by Crippen LogP contribution is -2.47. The molecule has 2 saturated heterocycles. The van der Waals surface area contributed by atoms with Crippen molar-refractivity contribution in [3.8, 4) is 0 Å². The van der Waals surface area contributed by atoms with Gasteiger partial charge in [-0.2, -0.15) is 0 Å². The van der Waals surface area contributed by atoms with Crippen molar-refractivity contribution in [2.45, 2.75) is 37.7 Å². The van der Waals surface area contributed by atoms with Crippen LogP contribution in [-0.4, -0.2) is 59.6 Å². The highest BCUT2D eigenvalue weighted by molar-refractivity contribution is 6.02. The molecule has 0 aromatic heterocycles. The van der Waals surface area contributed by atoms with Crippen LogP contribution in [0.5, 0.6) is 0 Å². The maximum Gasteiger partial charge on any atom is 0.229 e. The molecule has 7 nitrogen and oxygen atoms in total. The monoisotopic (exact) mass is 284 g/mol. The highest BCUT2D eigenvalue weighted by Crippen LogP contribution is 2.19. The largest absolute Gasteiger partial charge is 0.388 e. The fourth-order valence-corrected chi connectivity index (χ4v) is 2.37. The van der Waals surface area contributed by atoms with Gasteiger partial charge in [0.05, 0.1) is 5.60 Å². The third kappa shape index (κ3) is 3.77. The highest BCUT2D eigenvalue weighted by atomic mass is 16.5. The van der Waals surface area contributed by atoms with E-state index >= 15 is 0 Å². The number of amides is 3. The van der Waals surface area contributed by atoms with Gasteiger partial charge in [0, 0.05) is 58.4 Å². The zero-order valence-electron chi connectivity index (χ0n) is 11.4. The summed E-state index contributed by atoms with van der Waals surface area (Å²) in [5, 5.41) is 12.8. The van der Waals surface area contributed by atoms with Crippen molar-refractivity contribution in [1.29, 1.82) is 0 Å². The SMILES string of the molecule is O=C(CCN1C(=O)CCC1=O)NCC1(O)CCOCC1. The van der Waals surface area contributed by atoms with Gasteiger partial charge in [-0.3, -0.25) is 19.3 Å². The molecular formula is C13H20N2O5. The molecule has 2 aliphatic heterocycles. The van der Waals surface area contributed by atoms with Gasteiger partial charge in [-0.15, -0.1) is 0 Å². The van der Waals surface area contributed by atoms with Crippen molar-refractivity contribution in [3.05, 3.63) is 0 Å². The number of carbonyl (C=O) groups excluding carboxylic acids is 3. The van der Waals surface area contributed by atoms with E-state index in [1.807, 2.05) is 0 Å². The molecule has 20 heavy (non-hydrogen) atoms. The number of rotatable bonds is 5. The summed E-state index contributed by atoms with van der Waals surface area (Å²) in [6, 6.07) is 0. The van der Waals surface area contributed by atoms with Gasteiger partial charge in [0.1, 0.15) is 0 Å². The Balaban J connectivity index is 1.70. The molecular weight excluding hydrogens is 264 g/mol. The molecule has 0 aliphatic carbocycles. The number of aliphatic hydroxyl groups is 1. The summed E-state index contributed by atoms with van der Waals surface area (Å²) in [7, 11) is 0. The first-order chi connectivity index (χ1) is 9.50. The van der Waals surface area contributed by atoms with Crippen LogP contribution in [0.15, 0.2) is 0 Å². The zero-order valence-corrected chi connectivity index (χ0v) is 11.4. The van der Waals surface area contributed by atoms with Gasteiger partial charge in [0.25, 0.3) is 0 Å². The lowest BCUT2D eigenvalue weighted by atomic mass is 9.94. The predicted octanol–water partition coefficient (Wildman–Crippen LogP) is -0.817. The summed E-state index contributed by atoms with van der Waals surface area (Å²) in [6.45, 7) is 1.27. The van der Waals surface area contributed by atoms with E-state index < -0.39 is 5.60 Å². The van der Waals surface area contributed by atoms with Gasteiger partial charge >= 0.3 is 0 Å². The second-order valence-electron chi connectivity index (χ2n) is 5.30. The van der Waals surface area contributed by atoms with Gasteiger partial charge in [-0.05, 0) is 0 Å². The molecule has 0 saturated carbocycles. The first-order valence-electron chi connectivity index (χ1n) is 6.90. The lowest BCUT2D eigenvalue weighted by Gasteiger charge is -2.32. The Bertz CT molecular complexity index is 388. The summed E-state index contributed by atoms with van der Waals surface area (Å²) >= 11 is 0. The number of hydrogen-bond acceptors (Lipinski definition) is 5. The number of ether oxygens (including phenoxy) is 1. The van der Waals surface area contributed by atoms with Crippen LogP contribution in [0.25, 0.3) is 0 Å². The second kappa shape index (κ2) is 6.32. The molecule has 0 aromatic rings. The second-order valence-corrected chi connectivity index (χ2v) is 5.30. The molecule has 2 heterocycles. The first-order valence-corrected chi connectivity index (χ1v) is 6.90. The summed E-state index contributed by atoms with van der Waals surface area (Å²) in [5.74, 6) is -0.700. The van der Waals surface area contributed by atoms with Crippen molar-refractivity contribution in [2.75, 3.05) is 26.3 Å². The van der Waals surface area contributed by atoms with Gasteiger partial charge < -0.3 is 15.2 Å². The van der Waals surface area contributed by atoms with Gasteiger partial charge in [0.2, 0.25) is 17.7 Å². The van der Waals surface area contributed by atoms with E-state index in [0.29, 0.717) is 26.1 Å². The van der Waals surface area contributed by atoms with E-state index in [2.05, 4.69) is 5.32 Å². The molecule has 112 valence electrons. The van der Waals surface area contributed by atoms with Gasteiger partial charge in [-0.25, -0.2) is 0 Å². The van der Waals surface area contributed by atoms with E-state index in [1.165, 1.54) is 0 Å². The Labute approximate surface area is 117 Å². The zero-order chi connectivity index (χ0) is 14.6. The molecule has 7 heteroatoms. The van der Waals surface area contributed by atoms with Crippen molar-refractivity contribution in [3.63, 3.8) is 0 Å². The molecule has 0 spiro atoms.